The largest absolute Gasteiger partial charge is 0.454 e. The number of sulfonamides is 2. The van der Waals surface area contributed by atoms with Gasteiger partial charge in [0.1, 0.15) is 0 Å². The third-order valence-electron chi connectivity index (χ3n) is 5.45. The summed E-state index contributed by atoms with van der Waals surface area (Å²) in [5.41, 5.74) is 0.924. The molecule has 0 unspecified atom stereocenters. The SMILES string of the molecule is CS(=O)(=O)N(CCCC(=O)Nc1ccc(S(=O)(=O)Nc2cccc(Cl)c2Cl)cc1)c1ccc2c(c1)OCO2. The highest BCUT2D eigenvalue weighted by atomic mass is 35.5. The second-order valence-electron chi connectivity index (χ2n) is 8.26. The summed E-state index contributed by atoms with van der Waals surface area (Å²) < 4.78 is 64.2. The number of carbonyl (C=O) groups excluding carboxylic acids is 1. The molecule has 0 bridgehead atoms. The third kappa shape index (κ3) is 6.62. The Labute approximate surface area is 230 Å². The van der Waals surface area contributed by atoms with Crippen LogP contribution in [-0.2, 0) is 24.8 Å². The number of nitrogens with one attached hydrogen (secondary N) is 2. The van der Waals surface area contributed by atoms with Gasteiger partial charge in [0, 0.05) is 24.7 Å². The molecule has 0 radical (unpaired) electrons. The topological polar surface area (TPSA) is 131 Å². The smallest absolute Gasteiger partial charge is 0.261 e. The monoisotopic (exact) mass is 599 g/mol. The van der Waals surface area contributed by atoms with E-state index in [4.69, 9.17) is 32.7 Å². The molecule has 0 saturated carbocycles. The number of halogens is 2. The van der Waals surface area contributed by atoms with Crippen molar-refractivity contribution in [2.75, 3.05) is 33.9 Å². The molecule has 202 valence electrons. The molecule has 0 saturated heterocycles. The first-order chi connectivity index (χ1) is 17.9. The van der Waals surface area contributed by atoms with Crippen LogP contribution in [0.3, 0.4) is 0 Å². The average Bonchev–Trinajstić information content (AvgIpc) is 3.32. The van der Waals surface area contributed by atoms with E-state index in [0.717, 1.165) is 6.26 Å². The number of hydrogen-bond acceptors (Lipinski definition) is 7. The first kappa shape index (κ1) is 27.8. The zero-order valence-electron chi connectivity index (χ0n) is 20.0. The number of benzene rings is 3. The summed E-state index contributed by atoms with van der Waals surface area (Å²) >= 11 is 12.0. The lowest BCUT2D eigenvalue weighted by Crippen LogP contribution is -2.31. The van der Waals surface area contributed by atoms with Gasteiger partial charge in [0.15, 0.2) is 11.5 Å². The molecule has 3 aromatic rings. The average molecular weight is 601 g/mol. The summed E-state index contributed by atoms with van der Waals surface area (Å²) in [7, 11) is -7.56. The van der Waals surface area contributed by atoms with Crippen molar-refractivity contribution in [1.82, 2.24) is 0 Å². The standard InChI is InChI=1S/C24H23Cl2N3O7S2/c1-37(31,32)29(17-9-12-21-22(14-17)36-15-35-21)13-3-6-23(30)27-16-7-10-18(11-8-16)38(33,34)28-20-5-2-4-19(25)24(20)26/h2,4-5,7-12,14,28H,3,6,13,15H2,1H3,(H,27,30). The Kier molecular flexibility index (Phi) is 8.26. The number of nitrogens with zero attached hydrogens (tertiary/aromatic N) is 1. The van der Waals surface area contributed by atoms with Gasteiger partial charge in [-0.15, -0.1) is 0 Å². The van der Waals surface area contributed by atoms with Crippen molar-refractivity contribution in [3.63, 3.8) is 0 Å². The van der Waals surface area contributed by atoms with E-state index < -0.39 is 20.0 Å². The molecular formula is C24H23Cl2N3O7S2. The van der Waals surface area contributed by atoms with E-state index in [1.54, 1.807) is 24.3 Å². The molecule has 1 amide bonds. The van der Waals surface area contributed by atoms with Crippen LogP contribution in [0.4, 0.5) is 17.1 Å². The highest BCUT2D eigenvalue weighted by Gasteiger charge is 2.22. The molecule has 0 aliphatic carbocycles. The summed E-state index contributed by atoms with van der Waals surface area (Å²) in [6.07, 6.45) is 1.36. The van der Waals surface area contributed by atoms with E-state index in [1.807, 2.05) is 0 Å². The molecule has 0 spiro atoms. The lowest BCUT2D eigenvalue weighted by atomic mass is 10.2. The van der Waals surface area contributed by atoms with Gasteiger partial charge >= 0.3 is 0 Å². The van der Waals surface area contributed by atoms with Gasteiger partial charge in [0.2, 0.25) is 22.7 Å². The molecule has 4 rings (SSSR count). The van der Waals surface area contributed by atoms with Crippen molar-refractivity contribution in [3.8, 4) is 11.5 Å². The van der Waals surface area contributed by atoms with Crippen LogP contribution in [0.15, 0.2) is 65.6 Å². The molecule has 0 atom stereocenters. The number of carbonyl (C=O) groups is 1. The first-order valence-corrected chi connectivity index (χ1v) is 15.3. The number of hydrogen-bond donors (Lipinski definition) is 2. The van der Waals surface area contributed by atoms with E-state index in [0.29, 0.717) is 22.9 Å². The van der Waals surface area contributed by atoms with Gasteiger partial charge in [-0.3, -0.25) is 13.8 Å². The van der Waals surface area contributed by atoms with Crippen molar-refractivity contribution in [3.05, 3.63) is 70.7 Å². The maximum Gasteiger partial charge on any atom is 0.261 e. The summed E-state index contributed by atoms with van der Waals surface area (Å²) in [5, 5.41) is 2.96. The van der Waals surface area contributed by atoms with Gasteiger partial charge in [-0.1, -0.05) is 29.3 Å². The molecule has 0 aromatic heterocycles. The summed E-state index contributed by atoms with van der Waals surface area (Å²) in [5.74, 6) is 0.623. The summed E-state index contributed by atoms with van der Waals surface area (Å²) in [6.45, 7) is 0.137. The predicted octanol–water partition coefficient (Wildman–Crippen LogP) is 4.71. The summed E-state index contributed by atoms with van der Waals surface area (Å²) in [6, 6.07) is 15.0. The number of ether oxygens (including phenoxy) is 2. The number of amides is 1. The fourth-order valence-electron chi connectivity index (χ4n) is 3.64. The Morgan fingerprint density at radius 1 is 0.974 bits per heavy atom. The van der Waals surface area contributed by atoms with Crippen molar-refractivity contribution < 1.29 is 31.1 Å². The minimum Gasteiger partial charge on any atom is -0.454 e. The van der Waals surface area contributed by atoms with Gasteiger partial charge in [0.25, 0.3) is 10.0 Å². The van der Waals surface area contributed by atoms with Gasteiger partial charge in [-0.05, 0) is 55.0 Å². The molecular weight excluding hydrogens is 577 g/mol. The molecule has 3 aromatic carbocycles. The molecule has 14 heteroatoms. The fourth-order valence-corrected chi connectivity index (χ4v) is 6.07. The molecule has 1 aliphatic rings. The van der Waals surface area contributed by atoms with Crippen LogP contribution in [0.25, 0.3) is 0 Å². The van der Waals surface area contributed by atoms with E-state index in [1.165, 1.54) is 40.7 Å². The van der Waals surface area contributed by atoms with Gasteiger partial charge < -0.3 is 14.8 Å². The first-order valence-electron chi connectivity index (χ1n) is 11.2. The fraction of sp³-hybridized carbons (Fsp3) is 0.208. The number of fused-ring (bicyclic) bond motifs is 1. The minimum atomic E-state index is -3.95. The number of rotatable bonds is 10. The molecule has 1 heterocycles. The second-order valence-corrected chi connectivity index (χ2v) is 12.6. The normalized spacial score (nSPS) is 12.7. The van der Waals surface area contributed by atoms with Crippen LogP contribution < -0.4 is 23.8 Å². The maximum atomic E-state index is 12.7. The third-order valence-corrected chi connectivity index (χ3v) is 8.85. The van der Waals surface area contributed by atoms with Crippen molar-refractivity contribution in [2.45, 2.75) is 17.7 Å². The Morgan fingerprint density at radius 2 is 1.68 bits per heavy atom. The van der Waals surface area contributed by atoms with Crippen LogP contribution in [0.5, 0.6) is 11.5 Å². The Hall–Kier alpha value is -3.19. The Bertz CT molecular complexity index is 1560. The number of anilines is 3. The minimum absolute atomic E-state index is 0.0332. The second kappa shape index (κ2) is 11.3. The lowest BCUT2D eigenvalue weighted by Gasteiger charge is -2.22. The quantitative estimate of drug-likeness (QED) is 0.345. The van der Waals surface area contributed by atoms with E-state index in [-0.39, 0.29) is 52.7 Å². The molecule has 1 aliphatic heterocycles. The molecule has 0 fully saturated rings. The van der Waals surface area contributed by atoms with Crippen LogP contribution >= 0.6 is 23.2 Å². The Morgan fingerprint density at radius 3 is 2.39 bits per heavy atom. The lowest BCUT2D eigenvalue weighted by molar-refractivity contribution is -0.116. The van der Waals surface area contributed by atoms with Gasteiger partial charge in [-0.25, -0.2) is 16.8 Å². The molecule has 2 N–H and O–H groups in total. The highest BCUT2D eigenvalue weighted by Crippen LogP contribution is 2.36. The predicted molar refractivity (Wildman–Crippen MR) is 146 cm³/mol. The molecule has 38 heavy (non-hydrogen) atoms. The van der Waals surface area contributed by atoms with Crippen LogP contribution in [0.1, 0.15) is 12.8 Å². The van der Waals surface area contributed by atoms with E-state index in [2.05, 4.69) is 10.0 Å². The van der Waals surface area contributed by atoms with Crippen LogP contribution in [0, 0.1) is 0 Å². The maximum absolute atomic E-state index is 12.7. The van der Waals surface area contributed by atoms with Crippen molar-refractivity contribution >= 4 is 66.2 Å². The van der Waals surface area contributed by atoms with Crippen molar-refractivity contribution in [2.24, 2.45) is 0 Å². The van der Waals surface area contributed by atoms with E-state index in [9.17, 15) is 21.6 Å². The zero-order chi connectivity index (χ0) is 27.5. The summed E-state index contributed by atoms with van der Waals surface area (Å²) in [4.78, 5) is 12.4. The highest BCUT2D eigenvalue weighted by molar-refractivity contribution is 7.92. The molecule has 10 nitrogen and oxygen atoms in total. The van der Waals surface area contributed by atoms with E-state index >= 15 is 0 Å². The zero-order valence-corrected chi connectivity index (χ0v) is 23.1. The van der Waals surface area contributed by atoms with Gasteiger partial charge in [-0.2, -0.15) is 0 Å². The van der Waals surface area contributed by atoms with Crippen LogP contribution in [0.2, 0.25) is 10.0 Å². The van der Waals surface area contributed by atoms with Gasteiger partial charge in [0.05, 0.1) is 32.6 Å². The van der Waals surface area contributed by atoms with Crippen LogP contribution in [-0.4, -0.2) is 42.3 Å². The Balaban J connectivity index is 1.34. The van der Waals surface area contributed by atoms with Crippen molar-refractivity contribution in [1.29, 1.82) is 0 Å².